The van der Waals surface area contributed by atoms with Crippen LogP contribution in [0.5, 0.6) is 0 Å². The summed E-state index contributed by atoms with van der Waals surface area (Å²) in [7, 11) is 0. The van der Waals surface area contributed by atoms with Gasteiger partial charge in [-0.2, -0.15) is 0 Å². The number of esters is 2. The Kier molecular flexibility index (Phi) is 6.82. The molecule has 0 unspecified atom stereocenters. The summed E-state index contributed by atoms with van der Waals surface area (Å²) in [6, 6.07) is 6.37. The minimum atomic E-state index is -0.644. The number of hydrogen-bond acceptors (Lipinski definition) is 6. The molecule has 22 heavy (non-hydrogen) atoms. The number of rotatable bonds is 6. The van der Waals surface area contributed by atoms with Crippen LogP contribution in [0.25, 0.3) is 0 Å². The van der Waals surface area contributed by atoms with Crippen molar-refractivity contribution in [2.45, 2.75) is 20.8 Å². The highest BCUT2D eigenvalue weighted by molar-refractivity contribution is 6.10. The van der Waals surface area contributed by atoms with E-state index < -0.39 is 11.9 Å². The molecule has 0 atom stereocenters. The highest BCUT2D eigenvalue weighted by Crippen LogP contribution is 2.14. The number of nitrogens with zero attached hydrogens (tertiary/aromatic N) is 1. The highest BCUT2D eigenvalue weighted by atomic mass is 16.5. The van der Waals surface area contributed by atoms with Crippen molar-refractivity contribution in [1.29, 1.82) is 0 Å². The predicted octanol–water partition coefficient (Wildman–Crippen LogP) is 2.96. The van der Waals surface area contributed by atoms with Gasteiger partial charge in [0, 0.05) is 6.21 Å². The van der Waals surface area contributed by atoms with Gasteiger partial charge in [-0.15, -0.1) is 0 Å². The van der Waals surface area contributed by atoms with Crippen molar-refractivity contribution in [3.63, 3.8) is 0 Å². The molecule has 1 rings (SSSR count). The van der Waals surface area contributed by atoms with Crippen LogP contribution in [0.1, 0.15) is 31.1 Å². The Balaban J connectivity index is 2.87. The molecule has 0 radical (unpaired) electrons. The third kappa shape index (κ3) is 5.05. The second-order valence-corrected chi connectivity index (χ2v) is 4.25. The van der Waals surface area contributed by atoms with E-state index >= 15 is 0 Å². The predicted molar refractivity (Wildman–Crippen MR) is 82.5 cm³/mol. The zero-order valence-electron chi connectivity index (χ0n) is 12.8. The largest absolute Gasteiger partial charge is 0.512 e. The summed E-state index contributed by atoms with van der Waals surface area (Å²) in [4.78, 5) is 27.2. The minimum absolute atomic E-state index is 0.0173. The van der Waals surface area contributed by atoms with Gasteiger partial charge in [-0.1, -0.05) is 0 Å². The Labute approximate surface area is 129 Å². The minimum Gasteiger partial charge on any atom is -0.512 e. The summed E-state index contributed by atoms with van der Waals surface area (Å²) in [6.07, 6.45) is 1.23. The summed E-state index contributed by atoms with van der Waals surface area (Å²) in [6.45, 7) is 5.30. The Hall–Kier alpha value is -2.63. The lowest BCUT2D eigenvalue weighted by atomic mass is 10.2. The number of allylic oxidation sites excluding steroid dienone is 1. The molecule has 0 spiro atoms. The second kappa shape index (κ2) is 8.61. The summed E-state index contributed by atoms with van der Waals surface area (Å²) < 4.78 is 9.70. The molecule has 1 aromatic carbocycles. The van der Waals surface area contributed by atoms with E-state index in [0.29, 0.717) is 17.9 Å². The molecule has 6 heteroatoms. The summed E-state index contributed by atoms with van der Waals surface area (Å²) in [5, 5.41) is 9.49. The van der Waals surface area contributed by atoms with Gasteiger partial charge in [-0.25, -0.2) is 9.59 Å². The SMILES string of the molecule is CCOC(=O)/C(C=Nc1ccc(C(=O)OCC)cc1)=C(/C)O. The summed E-state index contributed by atoms with van der Waals surface area (Å²) in [5.74, 6) is -1.23. The third-order valence-corrected chi connectivity index (χ3v) is 2.61. The van der Waals surface area contributed by atoms with E-state index in [1.165, 1.54) is 13.1 Å². The zero-order chi connectivity index (χ0) is 16.5. The van der Waals surface area contributed by atoms with Crippen LogP contribution in [-0.2, 0) is 14.3 Å². The number of carbonyl (C=O) groups is 2. The first-order valence-corrected chi connectivity index (χ1v) is 6.87. The van der Waals surface area contributed by atoms with Crippen LogP contribution >= 0.6 is 0 Å². The number of hydrogen-bond donors (Lipinski definition) is 1. The maximum Gasteiger partial charge on any atom is 0.343 e. The fourth-order valence-electron chi connectivity index (χ4n) is 1.54. The number of ether oxygens (including phenoxy) is 2. The first-order valence-electron chi connectivity index (χ1n) is 6.87. The molecule has 0 aromatic heterocycles. The molecule has 0 saturated carbocycles. The van der Waals surface area contributed by atoms with Crippen LogP contribution in [-0.4, -0.2) is 36.5 Å². The van der Waals surface area contributed by atoms with E-state index in [1.54, 1.807) is 38.1 Å². The van der Waals surface area contributed by atoms with Gasteiger partial charge in [0.15, 0.2) is 0 Å². The van der Waals surface area contributed by atoms with Crippen LogP contribution in [0.15, 0.2) is 40.6 Å². The van der Waals surface area contributed by atoms with E-state index in [1.807, 2.05) is 0 Å². The quantitative estimate of drug-likeness (QED) is 0.378. The van der Waals surface area contributed by atoms with Gasteiger partial charge in [0.1, 0.15) is 11.3 Å². The van der Waals surface area contributed by atoms with E-state index in [2.05, 4.69) is 4.99 Å². The van der Waals surface area contributed by atoms with Crippen molar-refractivity contribution >= 4 is 23.8 Å². The van der Waals surface area contributed by atoms with Gasteiger partial charge < -0.3 is 14.6 Å². The third-order valence-electron chi connectivity index (χ3n) is 2.61. The van der Waals surface area contributed by atoms with Gasteiger partial charge in [0.05, 0.1) is 24.5 Å². The molecule has 6 nitrogen and oxygen atoms in total. The molecule has 0 aliphatic rings. The fourth-order valence-corrected chi connectivity index (χ4v) is 1.54. The van der Waals surface area contributed by atoms with E-state index in [0.717, 1.165) is 0 Å². The van der Waals surface area contributed by atoms with Crippen LogP contribution in [0.2, 0.25) is 0 Å². The van der Waals surface area contributed by atoms with Crippen molar-refractivity contribution in [2.75, 3.05) is 13.2 Å². The van der Waals surface area contributed by atoms with Crippen molar-refractivity contribution in [3.05, 3.63) is 41.2 Å². The van der Waals surface area contributed by atoms with Gasteiger partial charge in [-0.05, 0) is 45.0 Å². The second-order valence-electron chi connectivity index (χ2n) is 4.25. The Morgan fingerprint density at radius 2 is 1.73 bits per heavy atom. The fraction of sp³-hybridized carbons (Fsp3) is 0.312. The number of aliphatic hydroxyl groups excluding tert-OH is 1. The molecule has 0 aliphatic carbocycles. The van der Waals surface area contributed by atoms with Crippen molar-refractivity contribution in [1.82, 2.24) is 0 Å². The standard InChI is InChI=1S/C16H19NO5/c1-4-21-15(19)12-6-8-13(9-7-12)17-10-14(11(3)18)16(20)22-5-2/h6-10,18H,4-5H2,1-3H3/b14-11-,17-10?. The zero-order valence-corrected chi connectivity index (χ0v) is 12.8. The molecule has 0 amide bonds. The van der Waals surface area contributed by atoms with Crippen molar-refractivity contribution in [3.8, 4) is 0 Å². The topological polar surface area (TPSA) is 85.2 Å². The van der Waals surface area contributed by atoms with Crippen molar-refractivity contribution in [2.24, 2.45) is 4.99 Å². The Bertz CT molecular complexity index is 583. The van der Waals surface area contributed by atoms with Crippen LogP contribution < -0.4 is 0 Å². The number of aliphatic hydroxyl groups is 1. The van der Waals surface area contributed by atoms with Gasteiger partial charge in [0.2, 0.25) is 0 Å². The summed E-state index contributed by atoms with van der Waals surface area (Å²) in [5.41, 5.74) is 0.924. The van der Waals surface area contributed by atoms with Crippen molar-refractivity contribution < 1.29 is 24.2 Å². The average molecular weight is 305 g/mol. The van der Waals surface area contributed by atoms with E-state index in [4.69, 9.17) is 9.47 Å². The number of benzene rings is 1. The van der Waals surface area contributed by atoms with E-state index in [-0.39, 0.29) is 17.9 Å². The molecule has 118 valence electrons. The lowest BCUT2D eigenvalue weighted by molar-refractivity contribution is -0.138. The molecule has 0 bridgehead atoms. The van der Waals surface area contributed by atoms with Gasteiger partial charge >= 0.3 is 11.9 Å². The first kappa shape index (κ1) is 17.4. The number of aliphatic imine (C=N–C) groups is 1. The molecule has 0 saturated heterocycles. The van der Waals surface area contributed by atoms with Crippen LogP contribution in [0.3, 0.4) is 0 Å². The normalized spacial score (nSPS) is 12.0. The molecule has 0 aliphatic heterocycles. The maximum atomic E-state index is 11.6. The average Bonchev–Trinajstić information content (AvgIpc) is 2.48. The maximum absolute atomic E-state index is 11.6. The summed E-state index contributed by atoms with van der Waals surface area (Å²) >= 11 is 0. The first-order chi connectivity index (χ1) is 10.5. The number of carbonyl (C=O) groups excluding carboxylic acids is 2. The Morgan fingerprint density at radius 3 is 2.23 bits per heavy atom. The smallest absolute Gasteiger partial charge is 0.343 e. The van der Waals surface area contributed by atoms with Crippen LogP contribution in [0, 0.1) is 0 Å². The lowest BCUT2D eigenvalue weighted by Crippen LogP contribution is -2.10. The molecular weight excluding hydrogens is 286 g/mol. The van der Waals surface area contributed by atoms with E-state index in [9.17, 15) is 14.7 Å². The highest BCUT2D eigenvalue weighted by Gasteiger charge is 2.12. The molecule has 0 fully saturated rings. The monoisotopic (exact) mass is 305 g/mol. The lowest BCUT2D eigenvalue weighted by Gasteiger charge is -2.03. The molecule has 1 N–H and O–H groups in total. The van der Waals surface area contributed by atoms with Crippen LogP contribution in [0.4, 0.5) is 5.69 Å². The molecular formula is C16H19NO5. The molecule has 1 aromatic rings. The van der Waals surface area contributed by atoms with Gasteiger partial charge in [0.25, 0.3) is 0 Å². The molecule has 0 heterocycles. The van der Waals surface area contributed by atoms with Gasteiger partial charge in [-0.3, -0.25) is 4.99 Å². The Morgan fingerprint density at radius 1 is 1.14 bits per heavy atom.